The Hall–Kier alpha value is -2.41. The van der Waals surface area contributed by atoms with Crippen molar-refractivity contribution in [3.05, 3.63) is 45.9 Å². The van der Waals surface area contributed by atoms with Crippen molar-refractivity contribution in [2.24, 2.45) is 5.92 Å². The van der Waals surface area contributed by atoms with Gasteiger partial charge in [0.1, 0.15) is 12.4 Å². The number of carboxylic acids is 1. The predicted molar refractivity (Wildman–Crippen MR) is 91.4 cm³/mol. The van der Waals surface area contributed by atoms with E-state index in [9.17, 15) is 9.59 Å². The number of amides is 1. The molecule has 0 fully saturated rings. The van der Waals surface area contributed by atoms with Crippen LogP contribution in [-0.4, -0.2) is 40.5 Å². The first-order chi connectivity index (χ1) is 11.4. The second kappa shape index (κ2) is 7.92. The Balaban J connectivity index is 2.00. The number of hydrogen-bond donors (Lipinski definition) is 1. The van der Waals surface area contributed by atoms with E-state index in [1.54, 1.807) is 49.6 Å². The van der Waals surface area contributed by atoms with E-state index in [1.807, 2.05) is 12.3 Å². The summed E-state index contributed by atoms with van der Waals surface area (Å²) in [4.78, 5) is 29.0. The van der Waals surface area contributed by atoms with Crippen LogP contribution in [-0.2, 0) is 11.4 Å². The molecule has 0 aliphatic heterocycles. The van der Waals surface area contributed by atoms with Gasteiger partial charge in [0.2, 0.25) is 0 Å². The zero-order valence-electron chi connectivity index (χ0n) is 13.9. The molecule has 0 spiro atoms. The molecule has 0 aliphatic rings. The summed E-state index contributed by atoms with van der Waals surface area (Å²) < 4.78 is 5.67. The number of aromatic nitrogens is 1. The van der Waals surface area contributed by atoms with Gasteiger partial charge in [0.05, 0.1) is 16.6 Å². The number of aryl methyl sites for hydroxylation is 1. The maximum atomic E-state index is 12.4. The number of benzene rings is 1. The number of hydrogen-bond acceptors (Lipinski definition) is 5. The minimum Gasteiger partial charge on any atom is -0.487 e. The summed E-state index contributed by atoms with van der Waals surface area (Å²) in [6.07, 6.45) is 0. The number of rotatable bonds is 7. The van der Waals surface area contributed by atoms with Crippen molar-refractivity contribution in [2.45, 2.75) is 20.5 Å². The van der Waals surface area contributed by atoms with Gasteiger partial charge < -0.3 is 14.7 Å². The van der Waals surface area contributed by atoms with E-state index in [-0.39, 0.29) is 12.5 Å². The quantitative estimate of drug-likeness (QED) is 0.832. The van der Waals surface area contributed by atoms with E-state index >= 15 is 0 Å². The molecule has 0 saturated carbocycles. The molecule has 1 amide bonds. The number of ether oxygens (including phenoxy) is 1. The maximum absolute atomic E-state index is 12.4. The van der Waals surface area contributed by atoms with Gasteiger partial charge in [-0.2, -0.15) is 0 Å². The van der Waals surface area contributed by atoms with E-state index in [0.29, 0.717) is 17.9 Å². The third kappa shape index (κ3) is 4.79. The zero-order chi connectivity index (χ0) is 17.7. The van der Waals surface area contributed by atoms with Crippen molar-refractivity contribution in [3.8, 4) is 5.75 Å². The van der Waals surface area contributed by atoms with Gasteiger partial charge in [-0.3, -0.25) is 9.59 Å². The van der Waals surface area contributed by atoms with Gasteiger partial charge in [0.25, 0.3) is 5.91 Å². The average Bonchev–Trinajstić information content (AvgIpc) is 2.97. The smallest absolute Gasteiger partial charge is 0.308 e. The fourth-order valence-corrected chi connectivity index (χ4v) is 2.74. The second-order valence-corrected chi connectivity index (χ2v) is 6.66. The van der Waals surface area contributed by atoms with Crippen LogP contribution in [0.5, 0.6) is 5.75 Å². The SMILES string of the molecule is Cc1nc(COc2cccc(C(=O)N(C)CC(C)C(=O)O)c2)cs1. The number of carbonyl (C=O) groups is 2. The lowest BCUT2D eigenvalue weighted by molar-refractivity contribution is -0.141. The fourth-order valence-electron chi connectivity index (χ4n) is 2.14. The van der Waals surface area contributed by atoms with Crippen LogP contribution in [0.1, 0.15) is 28.0 Å². The van der Waals surface area contributed by atoms with E-state index in [4.69, 9.17) is 9.84 Å². The molecule has 24 heavy (non-hydrogen) atoms. The Morgan fingerprint density at radius 3 is 2.79 bits per heavy atom. The second-order valence-electron chi connectivity index (χ2n) is 5.60. The number of thiazole rings is 1. The summed E-state index contributed by atoms with van der Waals surface area (Å²) in [5.74, 6) is -1.21. The van der Waals surface area contributed by atoms with Gasteiger partial charge in [0, 0.05) is 24.5 Å². The number of carboxylic acid groups (broad SMARTS) is 1. The van der Waals surface area contributed by atoms with Crippen LogP contribution in [0.25, 0.3) is 0 Å². The van der Waals surface area contributed by atoms with Gasteiger partial charge in [-0.05, 0) is 25.1 Å². The van der Waals surface area contributed by atoms with Gasteiger partial charge in [0.15, 0.2) is 0 Å². The lowest BCUT2D eigenvalue weighted by atomic mass is 10.1. The Morgan fingerprint density at radius 2 is 2.17 bits per heavy atom. The molecule has 1 atom stereocenters. The van der Waals surface area contributed by atoms with Crippen LogP contribution in [0.2, 0.25) is 0 Å². The highest BCUT2D eigenvalue weighted by atomic mass is 32.1. The minimum atomic E-state index is -0.926. The third-order valence-electron chi connectivity index (χ3n) is 3.45. The van der Waals surface area contributed by atoms with Crippen molar-refractivity contribution in [2.75, 3.05) is 13.6 Å². The van der Waals surface area contributed by atoms with Crippen molar-refractivity contribution in [1.29, 1.82) is 0 Å². The number of nitrogens with zero attached hydrogens (tertiary/aromatic N) is 2. The van der Waals surface area contributed by atoms with Gasteiger partial charge in [-0.25, -0.2) is 4.98 Å². The summed E-state index contributed by atoms with van der Waals surface area (Å²) in [5, 5.41) is 11.9. The van der Waals surface area contributed by atoms with Crippen molar-refractivity contribution in [3.63, 3.8) is 0 Å². The molecule has 1 heterocycles. The predicted octanol–water partition coefficient (Wildman–Crippen LogP) is 2.82. The van der Waals surface area contributed by atoms with Crippen LogP contribution >= 0.6 is 11.3 Å². The maximum Gasteiger partial charge on any atom is 0.308 e. The highest BCUT2D eigenvalue weighted by Crippen LogP contribution is 2.17. The highest BCUT2D eigenvalue weighted by Gasteiger charge is 2.18. The van der Waals surface area contributed by atoms with Crippen LogP contribution in [0.15, 0.2) is 29.6 Å². The summed E-state index contributed by atoms with van der Waals surface area (Å²) >= 11 is 1.56. The molecule has 128 valence electrons. The summed E-state index contributed by atoms with van der Waals surface area (Å²) in [7, 11) is 1.59. The summed E-state index contributed by atoms with van der Waals surface area (Å²) in [6, 6.07) is 6.85. The summed E-state index contributed by atoms with van der Waals surface area (Å²) in [6.45, 7) is 3.99. The van der Waals surface area contributed by atoms with Crippen LogP contribution in [0, 0.1) is 12.8 Å². The highest BCUT2D eigenvalue weighted by molar-refractivity contribution is 7.09. The Kier molecular flexibility index (Phi) is 5.92. The molecular formula is C17H20N2O4S. The standard InChI is InChI=1S/C17H20N2O4S/c1-11(17(21)22)8-19(3)16(20)13-5-4-6-15(7-13)23-9-14-10-24-12(2)18-14/h4-7,10-11H,8-9H2,1-3H3,(H,21,22). The van der Waals surface area contributed by atoms with Crippen molar-refractivity contribution < 1.29 is 19.4 Å². The molecular weight excluding hydrogens is 328 g/mol. The minimum absolute atomic E-state index is 0.150. The normalized spacial score (nSPS) is 11.8. The molecule has 2 aromatic rings. The molecule has 1 unspecified atom stereocenters. The molecule has 6 nitrogen and oxygen atoms in total. The molecule has 0 bridgehead atoms. The lowest BCUT2D eigenvalue weighted by Crippen LogP contribution is -2.33. The summed E-state index contributed by atoms with van der Waals surface area (Å²) in [5.41, 5.74) is 1.31. The van der Waals surface area contributed by atoms with E-state index in [2.05, 4.69) is 4.98 Å². The fraction of sp³-hybridized carbons (Fsp3) is 0.353. The Bertz CT molecular complexity index is 729. The first kappa shape index (κ1) is 17.9. The zero-order valence-corrected chi connectivity index (χ0v) is 14.7. The van der Waals surface area contributed by atoms with E-state index in [1.165, 1.54) is 4.90 Å². The molecule has 0 radical (unpaired) electrons. The Morgan fingerprint density at radius 1 is 1.42 bits per heavy atom. The average molecular weight is 348 g/mol. The number of carbonyl (C=O) groups excluding carboxylic acids is 1. The van der Waals surface area contributed by atoms with Crippen molar-refractivity contribution >= 4 is 23.2 Å². The third-order valence-corrected chi connectivity index (χ3v) is 4.27. The molecule has 7 heteroatoms. The van der Waals surface area contributed by atoms with E-state index < -0.39 is 11.9 Å². The van der Waals surface area contributed by atoms with Crippen LogP contribution < -0.4 is 4.74 Å². The van der Waals surface area contributed by atoms with Gasteiger partial charge >= 0.3 is 5.97 Å². The largest absolute Gasteiger partial charge is 0.487 e. The first-order valence-corrected chi connectivity index (χ1v) is 8.37. The van der Waals surface area contributed by atoms with Crippen LogP contribution in [0.4, 0.5) is 0 Å². The monoisotopic (exact) mass is 348 g/mol. The topological polar surface area (TPSA) is 79.7 Å². The van der Waals surface area contributed by atoms with Crippen LogP contribution in [0.3, 0.4) is 0 Å². The van der Waals surface area contributed by atoms with Gasteiger partial charge in [-0.15, -0.1) is 11.3 Å². The first-order valence-electron chi connectivity index (χ1n) is 7.49. The van der Waals surface area contributed by atoms with Crippen molar-refractivity contribution in [1.82, 2.24) is 9.88 Å². The lowest BCUT2D eigenvalue weighted by Gasteiger charge is -2.19. The number of aliphatic carboxylic acids is 1. The molecule has 1 aromatic heterocycles. The Labute approximate surface area is 144 Å². The molecule has 0 saturated heterocycles. The molecule has 2 rings (SSSR count). The van der Waals surface area contributed by atoms with E-state index in [0.717, 1.165) is 10.7 Å². The molecule has 0 aliphatic carbocycles. The van der Waals surface area contributed by atoms with Gasteiger partial charge in [-0.1, -0.05) is 13.0 Å². The molecule has 1 aromatic carbocycles. The molecule has 1 N–H and O–H groups in total.